The third-order valence-electron chi connectivity index (χ3n) is 6.14. The summed E-state index contributed by atoms with van der Waals surface area (Å²) < 4.78 is 7.77. The van der Waals surface area contributed by atoms with E-state index < -0.39 is 0 Å². The molecule has 2 heterocycles. The van der Waals surface area contributed by atoms with Gasteiger partial charge in [0.2, 0.25) is 0 Å². The number of nitrogens with zero attached hydrogens (tertiary/aromatic N) is 3. The first-order chi connectivity index (χ1) is 17.1. The Morgan fingerprint density at radius 1 is 1.03 bits per heavy atom. The van der Waals surface area contributed by atoms with Gasteiger partial charge in [-0.3, -0.25) is 14.8 Å². The van der Waals surface area contributed by atoms with E-state index in [1.807, 2.05) is 35.2 Å². The van der Waals surface area contributed by atoms with Gasteiger partial charge in [0.15, 0.2) is 0 Å². The Morgan fingerprint density at radius 2 is 1.69 bits per heavy atom. The van der Waals surface area contributed by atoms with Crippen molar-refractivity contribution >= 4 is 35.0 Å². The molecule has 8 nitrogen and oxygen atoms in total. The third-order valence-corrected chi connectivity index (χ3v) is 6.47. The molecule has 2 N–H and O–H groups in total. The SMILES string of the molecule is Cn1nc(C(C)(C)C)cc1NC(=O)Nc1ccc(OC2CCN(C(=O)c3ccccc3Cl)CC2)cc1. The van der Waals surface area contributed by atoms with Crippen molar-refractivity contribution in [3.05, 3.63) is 70.9 Å². The number of piperidine rings is 1. The number of amides is 3. The predicted octanol–water partition coefficient (Wildman–Crippen LogP) is 5.70. The number of aryl methyl sites for hydroxylation is 1. The number of benzene rings is 2. The standard InChI is InChI=1S/C27H32ClN5O3/c1-27(2,3)23-17-24(32(4)31-23)30-26(35)29-18-9-11-19(12-10-18)36-20-13-15-33(16-14-20)25(34)21-7-5-6-8-22(21)28/h5-12,17,20H,13-16H2,1-4H3,(H2,29,30,35). The molecule has 0 saturated carbocycles. The number of likely N-dealkylation sites (tertiary alicyclic amines) is 1. The monoisotopic (exact) mass is 509 g/mol. The molecule has 1 saturated heterocycles. The van der Waals surface area contributed by atoms with E-state index in [2.05, 4.69) is 36.5 Å². The molecule has 1 aromatic heterocycles. The van der Waals surface area contributed by atoms with Crippen molar-refractivity contribution in [1.82, 2.24) is 14.7 Å². The average Bonchev–Trinajstić information content (AvgIpc) is 3.21. The van der Waals surface area contributed by atoms with Gasteiger partial charge in [-0.15, -0.1) is 0 Å². The van der Waals surface area contributed by atoms with Gasteiger partial charge in [-0.2, -0.15) is 5.10 Å². The van der Waals surface area contributed by atoms with Crippen LogP contribution in [0.15, 0.2) is 54.6 Å². The molecule has 0 unspecified atom stereocenters. The van der Waals surface area contributed by atoms with Gasteiger partial charge < -0.3 is 15.0 Å². The van der Waals surface area contributed by atoms with Gasteiger partial charge in [0, 0.05) is 50.1 Å². The molecule has 1 fully saturated rings. The lowest BCUT2D eigenvalue weighted by molar-refractivity contribution is 0.0595. The molecule has 190 valence electrons. The minimum absolute atomic E-state index is 0.0178. The summed E-state index contributed by atoms with van der Waals surface area (Å²) in [6.07, 6.45) is 1.49. The van der Waals surface area contributed by atoms with Gasteiger partial charge in [0.25, 0.3) is 5.91 Å². The Labute approximate surface area is 216 Å². The van der Waals surface area contributed by atoms with Crippen molar-refractivity contribution in [2.45, 2.75) is 45.1 Å². The summed E-state index contributed by atoms with van der Waals surface area (Å²) in [6, 6.07) is 15.9. The van der Waals surface area contributed by atoms with Crippen molar-refractivity contribution in [1.29, 1.82) is 0 Å². The Morgan fingerprint density at radius 3 is 2.31 bits per heavy atom. The Bertz CT molecular complexity index is 1220. The van der Waals surface area contributed by atoms with Crippen LogP contribution >= 0.6 is 11.6 Å². The summed E-state index contributed by atoms with van der Waals surface area (Å²) in [7, 11) is 1.80. The molecule has 4 rings (SSSR count). The highest BCUT2D eigenvalue weighted by Gasteiger charge is 2.26. The summed E-state index contributed by atoms with van der Waals surface area (Å²) in [5.41, 5.74) is 1.98. The number of anilines is 2. The van der Waals surface area contributed by atoms with Crippen LogP contribution < -0.4 is 15.4 Å². The molecular weight excluding hydrogens is 478 g/mol. The lowest BCUT2D eigenvalue weighted by Gasteiger charge is -2.32. The van der Waals surface area contributed by atoms with Crippen molar-refractivity contribution < 1.29 is 14.3 Å². The minimum Gasteiger partial charge on any atom is -0.490 e. The first-order valence-corrected chi connectivity index (χ1v) is 12.4. The van der Waals surface area contributed by atoms with Crippen LogP contribution in [-0.2, 0) is 12.5 Å². The predicted molar refractivity (Wildman–Crippen MR) is 142 cm³/mol. The highest BCUT2D eigenvalue weighted by molar-refractivity contribution is 6.33. The smallest absolute Gasteiger partial charge is 0.324 e. The highest BCUT2D eigenvalue weighted by atomic mass is 35.5. The summed E-state index contributed by atoms with van der Waals surface area (Å²) >= 11 is 6.18. The topological polar surface area (TPSA) is 88.5 Å². The summed E-state index contributed by atoms with van der Waals surface area (Å²) in [4.78, 5) is 27.0. The van der Waals surface area contributed by atoms with Crippen LogP contribution in [0.25, 0.3) is 0 Å². The molecule has 3 aromatic rings. The maximum absolute atomic E-state index is 12.7. The van der Waals surface area contributed by atoms with Crippen LogP contribution in [0, 0.1) is 0 Å². The van der Waals surface area contributed by atoms with Crippen LogP contribution in [0.5, 0.6) is 5.75 Å². The molecule has 3 amide bonds. The molecule has 1 aliphatic heterocycles. The molecule has 0 aliphatic carbocycles. The van der Waals surface area contributed by atoms with E-state index in [1.54, 1.807) is 36.0 Å². The van der Waals surface area contributed by atoms with E-state index in [4.69, 9.17) is 16.3 Å². The lowest BCUT2D eigenvalue weighted by atomic mass is 9.92. The van der Waals surface area contributed by atoms with Crippen LogP contribution in [-0.4, -0.2) is 45.8 Å². The van der Waals surface area contributed by atoms with Crippen molar-refractivity contribution in [2.24, 2.45) is 7.05 Å². The number of hydrogen-bond acceptors (Lipinski definition) is 4. The van der Waals surface area contributed by atoms with Gasteiger partial charge in [-0.1, -0.05) is 44.5 Å². The normalized spacial score (nSPS) is 14.4. The second-order valence-corrected chi connectivity index (χ2v) is 10.4. The van der Waals surface area contributed by atoms with E-state index in [1.165, 1.54) is 0 Å². The fourth-order valence-corrected chi connectivity index (χ4v) is 4.24. The number of urea groups is 1. The number of ether oxygens (including phenoxy) is 1. The van der Waals surface area contributed by atoms with Gasteiger partial charge in [0.05, 0.1) is 16.3 Å². The molecule has 0 radical (unpaired) electrons. The zero-order chi connectivity index (χ0) is 25.9. The molecule has 0 atom stereocenters. The van der Waals surface area contributed by atoms with Gasteiger partial charge in [0.1, 0.15) is 17.7 Å². The first-order valence-electron chi connectivity index (χ1n) is 12.0. The van der Waals surface area contributed by atoms with E-state index >= 15 is 0 Å². The molecule has 0 spiro atoms. The zero-order valence-electron chi connectivity index (χ0n) is 21.0. The molecule has 9 heteroatoms. The molecular formula is C27H32ClN5O3. The van der Waals surface area contributed by atoms with E-state index in [-0.39, 0.29) is 23.5 Å². The number of hydrogen-bond donors (Lipinski definition) is 2. The number of halogens is 1. The maximum Gasteiger partial charge on any atom is 0.324 e. The van der Waals surface area contributed by atoms with Crippen molar-refractivity contribution in [3.63, 3.8) is 0 Å². The van der Waals surface area contributed by atoms with E-state index in [9.17, 15) is 9.59 Å². The minimum atomic E-state index is -0.345. The summed E-state index contributed by atoms with van der Waals surface area (Å²) in [6.45, 7) is 7.45. The highest BCUT2D eigenvalue weighted by Crippen LogP contribution is 2.25. The van der Waals surface area contributed by atoms with E-state index in [0.29, 0.717) is 35.2 Å². The van der Waals surface area contributed by atoms with Crippen molar-refractivity contribution in [3.8, 4) is 5.75 Å². The lowest BCUT2D eigenvalue weighted by Crippen LogP contribution is -2.41. The number of nitrogens with one attached hydrogen (secondary N) is 2. The number of carbonyl (C=O) groups is 2. The quantitative estimate of drug-likeness (QED) is 0.462. The number of rotatable bonds is 5. The number of carbonyl (C=O) groups excluding carboxylic acids is 2. The van der Waals surface area contributed by atoms with Gasteiger partial charge >= 0.3 is 6.03 Å². The first kappa shape index (κ1) is 25.6. The van der Waals surface area contributed by atoms with Gasteiger partial charge in [-0.25, -0.2) is 4.79 Å². The second-order valence-electron chi connectivity index (χ2n) is 9.98. The Balaban J connectivity index is 1.26. The third kappa shape index (κ3) is 6.18. The second kappa shape index (κ2) is 10.6. The number of aromatic nitrogens is 2. The van der Waals surface area contributed by atoms with Crippen LogP contribution in [0.2, 0.25) is 5.02 Å². The molecule has 2 aromatic carbocycles. The average molecular weight is 510 g/mol. The summed E-state index contributed by atoms with van der Waals surface area (Å²) in [5, 5.41) is 10.6. The van der Waals surface area contributed by atoms with Gasteiger partial charge in [-0.05, 0) is 36.4 Å². The largest absolute Gasteiger partial charge is 0.490 e. The van der Waals surface area contributed by atoms with Crippen molar-refractivity contribution in [2.75, 3.05) is 23.7 Å². The van der Waals surface area contributed by atoms with Crippen LogP contribution in [0.1, 0.15) is 49.7 Å². The van der Waals surface area contributed by atoms with E-state index in [0.717, 1.165) is 24.3 Å². The fourth-order valence-electron chi connectivity index (χ4n) is 4.02. The van der Waals surface area contributed by atoms with Crippen LogP contribution in [0.4, 0.5) is 16.3 Å². The zero-order valence-corrected chi connectivity index (χ0v) is 21.8. The molecule has 0 bridgehead atoms. The maximum atomic E-state index is 12.7. The Kier molecular flexibility index (Phi) is 7.54. The Hall–Kier alpha value is -3.52. The summed E-state index contributed by atoms with van der Waals surface area (Å²) in [5.74, 6) is 1.29. The molecule has 1 aliphatic rings. The fraction of sp³-hybridized carbons (Fsp3) is 0.370. The van der Waals surface area contributed by atoms with Crippen LogP contribution in [0.3, 0.4) is 0 Å². The molecule has 36 heavy (non-hydrogen) atoms.